The monoisotopic (exact) mass is 242 g/mol. The average Bonchev–Trinajstić information content (AvgIpc) is 2.21. The summed E-state index contributed by atoms with van der Waals surface area (Å²) in [5.74, 6) is 0. The third-order valence-corrected chi connectivity index (χ3v) is 4.21. The van der Waals surface area contributed by atoms with E-state index in [0.717, 1.165) is 16.7 Å². The summed E-state index contributed by atoms with van der Waals surface area (Å²) >= 11 is 0. The fourth-order valence-electron chi connectivity index (χ4n) is 1.56. The van der Waals surface area contributed by atoms with Crippen molar-refractivity contribution in [3.63, 3.8) is 0 Å². The lowest BCUT2D eigenvalue weighted by molar-refractivity contribution is 0.583. The van der Waals surface area contributed by atoms with Crippen molar-refractivity contribution >= 4 is 10.0 Å². The van der Waals surface area contributed by atoms with Gasteiger partial charge in [0.1, 0.15) is 0 Å². The smallest absolute Gasteiger partial charge is 0.240 e. The fourth-order valence-corrected chi connectivity index (χ4v) is 2.97. The van der Waals surface area contributed by atoms with Gasteiger partial charge in [0.25, 0.3) is 0 Å². The molecule has 0 aliphatic carbocycles. The van der Waals surface area contributed by atoms with E-state index in [0.29, 0.717) is 18.0 Å². The van der Waals surface area contributed by atoms with Crippen molar-refractivity contribution in [2.45, 2.75) is 32.2 Å². The van der Waals surface area contributed by atoms with Crippen LogP contribution in [-0.2, 0) is 16.6 Å². The zero-order valence-electron chi connectivity index (χ0n) is 9.87. The molecule has 0 fully saturated rings. The maximum absolute atomic E-state index is 11.9. The van der Waals surface area contributed by atoms with Crippen molar-refractivity contribution < 1.29 is 8.42 Å². The number of nitrogens with two attached hydrogens (primary N) is 1. The summed E-state index contributed by atoms with van der Waals surface area (Å²) in [6, 6.07) is 3.56. The van der Waals surface area contributed by atoms with Crippen molar-refractivity contribution in [3.8, 4) is 0 Å². The van der Waals surface area contributed by atoms with Crippen LogP contribution in [-0.4, -0.2) is 15.0 Å². The Bertz CT molecular complexity index is 481. The molecule has 0 heterocycles. The van der Waals surface area contributed by atoms with Gasteiger partial charge in [0.15, 0.2) is 0 Å². The van der Waals surface area contributed by atoms with Crippen molar-refractivity contribution in [3.05, 3.63) is 28.8 Å². The van der Waals surface area contributed by atoms with Crippen molar-refractivity contribution in [1.29, 1.82) is 0 Å². The van der Waals surface area contributed by atoms with Gasteiger partial charge < -0.3 is 5.73 Å². The molecule has 0 amide bonds. The molecule has 0 aliphatic rings. The Morgan fingerprint density at radius 3 is 2.44 bits per heavy atom. The average molecular weight is 242 g/mol. The van der Waals surface area contributed by atoms with E-state index in [-0.39, 0.29) is 0 Å². The number of benzene rings is 1. The van der Waals surface area contributed by atoms with Gasteiger partial charge in [-0.05, 0) is 36.6 Å². The van der Waals surface area contributed by atoms with Gasteiger partial charge >= 0.3 is 0 Å². The Hall–Kier alpha value is -0.910. The Morgan fingerprint density at radius 1 is 1.31 bits per heavy atom. The van der Waals surface area contributed by atoms with Crippen LogP contribution in [0.2, 0.25) is 0 Å². The first kappa shape index (κ1) is 13.2. The lowest BCUT2D eigenvalue weighted by atomic mass is 10.1. The van der Waals surface area contributed by atoms with Crippen LogP contribution in [0.25, 0.3) is 0 Å². The van der Waals surface area contributed by atoms with E-state index in [9.17, 15) is 8.42 Å². The molecule has 0 saturated heterocycles. The molecule has 3 N–H and O–H groups in total. The zero-order valence-corrected chi connectivity index (χ0v) is 10.7. The third kappa shape index (κ3) is 2.61. The van der Waals surface area contributed by atoms with E-state index in [1.54, 1.807) is 19.9 Å². The standard InChI is InChI=1S/C11H18N2O2S/c1-4-13-16(14,15)11-6-10(7-12)5-8(2)9(11)3/h5-6,13H,4,7,12H2,1-3H3. The fraction of sp³-hybridized carbons (Fsp3) is 0.455. The number of sulfonamides is 1. The van der Waals surface area contributed by atoms with Gasteiger partial charge in [-0.2, -0.15) is 0 Å². The minimum Gasteiger partial charge on any atom is -0.326 e. The molecule has 0 unspecified atom stereocenters. The highest BCUT2D eigenvalue weighted by Crippen LogP contribution is 2.20. The van der Waals surface area contributed by atoms with Gasteiger partial charge in [0.05, 0.1) is 4.90 Å². The van der Waals surface area contributed by atoms with Crippen molar-refractivity contribution in [2.24, 2.45) is 5.73 Å². The molecule has 0 radical (unpaired) electrons. The first-order valence-electron chi connectivity index (χ1n) is 5.22. The quantitative estimate of drug-likeness (QED) is 0.829. The minimum absolute atomic E-state index is 0.329. The normalized spacial score (nSPS) is 11.8. The first-order valence-corrected chi connectivity index (χ1v) is 6.70. The molecule has 90 valence electrons. The number of nitrogens with one attached hydrogen (secondary N) is 1. The molecule has 1 aromatic carbocycles. The van der Waals surface area contributed by atoms with Crippen LogP contribution in [0.15, 0.2) is 17.0 Å². The summed E-state index contributed by atoms with van der Waals surface area (Å²) in [6.07, 6.45) is 0. The molecule has 1 rings (SSSR count). The number of hydrogen-bond acceptors (Lipinski definition) is 3. The molecule has 0 atom stereocenters. The number of hydrogen-bond donors (Lipinski definition) is 2. The number of aryl methyl sites for hydroxylation is 1. The Balaban J connectivity index is 3.38. The van der Waals surface area contributed by atoms with Gasteiger partial charge in [-0.3, -0.25) is 0 Å². The second-order valence-electron chi connectivity index (χ2n) is 3.74. The summed E-state index contributed by atoms with van der Waals surface area (Å²) in [4.78, 5) is 0.329. The van der Waals surface area contributed by atoms with Crippen molar-refractivity contribution in [2.75, 3.05) is 6.54 Å². The molecule has 16 heavy (non-hydrogen) atoms. The van der Waals surface area contributed by atoms with E-state index in [4.69, 9.17) is 5.73 Å². The van der Waals surface area contributed by atoms with Crippen LogP contribution < -0.4 is 10.5 Å². The van der Waals surface area contributed by atoms with Gasteiger partial charge in [-0.1, -0.05) is 13.0 Å². The highest BCUT2D eigenvalue weighted by atomic mass is 32.2. The Kier molecular flexibility index (Phi) is 4.07. The highest BCUT2D eigenvalue weighted by Gasteiger charge is 2.17. The van der Waals surface area contributed by atoms with Crippen LogP contribution in [0.3, 0.4) is 0 Å². The lowest BCUT2D eigenvalue weighted by Gasteiger charge is -2.12. The molecule has 0 bridgehead atoms. The van der Waals surface area contributed by atoms with E-state index in [1.807, 2.05) is 13.0 Å². The van der Waals surface area contributed by atoms with Gasteiger partial charge in [0, 0.05) is 13.1 Å². The van der Waals surface area contributed by atoms with Gasteiger partial charge in [0.2, 0.25) is 10.0 Å². The molecule has 0 saturated carbocycles. The summed E-state index contributed by atoms with van der Waals surface area (Å²) in [6.45, 7) is 6.18. The lowest BCUT2D eigenvalue weighted by Crippen LogP contribution is -2.24. The Labute approximate surface area is 96.9 Å². The molecular weight excluding hydrogens is 224 g/mol. The minimum atomic E-state index is -3.40. The topological polar surface area (TPSA) is 72.2 Å². The van der Waals surface area contributed by atoms with Crippen LogP contribution in [0.4, 0.5) is 0 Å². The predicted octanol–water partition coefficient (Wildman–Crippen LogP) is 1.06. The largest absolute Gasteiger partial charge is 0.326 e. The van der Waals surface area contributed by atoms with E-state index < -0.39 is 10.0 Å². The molecule has 0 aliphatic heterocycles. The molecule has 5 heteroatoms. The second-order valence-corrected chi connectivity index (χ2v) is 5.48. The highest BCUT2D eigenvalue weighted by molar-refractivity contribution is 7.89. The van der Waals surface area contributed by atoms with Crippen molar-refractivity contribution in [1.82, 2.24) is 4.72 Å². The number of rotatable bonds is 4. The van der Waals surface area contributed by atoms with E-state index >= 15 is 0 Å². The predicted molar refractivity (Wildman–Crippen MR) is 64.7 cm³/mol. The van der Waals surface area contributed by atoms with Crippen LogP contribution in [0.5, 0.6) is 0 Å². The third-order valence-electron chi connectivity index (χ3n) is 2.54. The zero-order chi connectivity index (χ0) is 12.3. The Morgan fingerprint density at radius 2 is 1.94 bits per heavy atom. The van der Waals surface area contributed by atoms with E-state index in [2.05, 4.69) is 4.72 Å². The summed E-state index contributed by atoms with van der Waals surface area (Å²) in [5, 5.41) is 0. The maximum atomic E-state index is 11.9. The van der Waals surface area contributed by atoms with Gasteiger partial charge in [-0.25, -0.2) is 13.1 Å². The van der Waals surface area contributed by atoms with Crippen LogP contribution in [0, 0.1) is 13.8 Å². The summed E-state index contributed by atoms with van der Waals surface area (Å²) < 4.78 is 26.3. The maximum Gasteiger partial charge on any atom is 0.240 e. The molecule has 0 spiro atoms. The molecular formula is C11H18N2O2S. The van der Waals surface area contributed by atoms with E-state index in [1.165, 1.54) is 0 Å². The SMILES string of the molecule is CCNS(=O)(=O)c1cc(CN)cc(C)c1C. The summed E-state index contributed by atoms with van der Waals surface area (Å²) in [7, 11) is -3.40. The molecule has 0 aromatic heterocycles. The van der Waals surface area contributed by atoms with Crippen LogP contribution in [0.1, 0.15) is 23.6 Å². The molecule has 4 nitrogen and oxygen atoms in total. The van der Waals surface area contributed by atoms with Crippen LogP contribution >= 0.6 is 0 Å². The summed E-state index contributed by atoms with van der Waals surface area (Å²) in [5.41, 5.74) is 8.09. The first-order chi connectivity index (χ1) is 7.42. The second kappa shape index (κ2) is 4.95. The van der Waals surface area contributed by atoms with Gasteiger partial charge in [-0.15, -0.1) is 0 Å². The molecule has 1 aromatic rings.